The van der Waals surface area contributed by atoms with Crippen molar-refractivity contribution in [3.8, 4) is 5.69 Å². The van der Waals surface area contributed by atoms with Crippen LogP contribution in [0.3, 0.4) is 0 Å². The normalized spacial score (nSPS) is 12.0. The van der Waals surface area contributed by atoms with Gasteiger partial charge >= 0.3 is 0 Å². The van der Waals surface area contributed by atoms with Crippen LogP contribution in [-0.4, -0.2) is 28.8 Å². The summed E-state index contributed by atoms with van der Waals surface area (Å²) in [7, 11) is 0. The summed E-state index contributed by atoms with van der Waals surface area (Å²) >= 11 is 0. The summed E-state index contributed by atoms with van der Waals surface area (Å²) in [5.41, 5.74) is 3.05. The molecule has 0 bridgehead atoms. The smallest absolute Gasteiger partial charge is 0.254 e. The summed E-state index contributed by atoms with van der Waals surface area (Å²) in [6, 6.07) is 16.0. The largest absolute Gasteiger partial charge is 0.374 e. The summed E-state index contributed by atoms with van der Waals surface area (Å²) in [5.74, 6) is -0.489. The third kappa shape index (κ3) is 4.84. The van der Waals surface area contributed by atoms with Gasteiger partial charge in [-0.2, -0.15) is 5.10 Å². The fourth-order valence-electron chi connectivity index (χ4n) is 2.92. The maximum absolute atomic E-state index is 13.1. The van der Waals surface area contributed by atoms with Gasteiger partial charge in [-0.1, -0.05) is 30.3 Å². The molecule has 2 aromatic carbocycles. The zero-order valence-corrected chi connectivity index (χ0v) is 16.1. The Balaban J connectivity index is 1.47. The Bertz CT molecular complexity index is 907. The zero-order valence-electron chi connectivity index (χ0n) is 16.1. The number of hydrogen-bond acceptors (Lipinski definition) is 3. The standard InChI is InChI=1S/C22H24FN3O2/c1-16-21(15-25-26(16)20-11-9-19(23)10-12-20)22(27)24-13-6-14-28-17(2)18-7-4-3-5-8-18/h3-5,7-12,15,17H,6,13-14H2,1-2H3,(H,24,27). The van der Waals surface area contributed by atoms with Crippen LogP contribution in [0.2, 0.25) is 0 Å². The molecule has 1 atom stereocenters. The number of ether oxygens (including phenoxy) is 1. The number of hydrogen-bond donors (Lipinski definition) is 1. The molecule has 1 aromatic heterocycles. The van der Waals surface area contributed by atoms with Crippen molar-refractivity contribution in [1.82, 2.24) is 15.1 Å². The van der Waals surface area contributed by atoms with Crippen LogP contribution in [0, 0.1) is 12.7 Å². The summed E-state index contributed by atoms with van der Waals surface area (Å²) in [5, 5.41) is 7.14. The Morgan fingerprint density at radius 1 is 1.18 bits per heavy atom. The summed E-state index contributed by atoms with van der Waals surface area (Å²) < 4.78 is 20.5. The highest BCUT2D eigenvalue weighted by Crippen LogP contribution is 2.16. The Morgan fingerprint density at radius 3 is 2.61 bits per heavy atom. The Hall–Kier alpha value is -2.99. The van der Waals surface area contributed by atoms with Crippen LogP contribution in [0.4, 0.5) is 4.39 Å². The van der Waals surface area contributed by atoms with E-state index in [1.54, 1.807) is 16.8 Å². The van der Waals surface area contributed by atoms with Gasteiger partial charge in [-0.3, -0.25) is 4.79 Å². The van der Waals surface area contributed by atoms with Crippen molar-refractivity contribution in [2.24, 2.45) is 0 Å². The maximum Gasteiger partial charge on any atom is 0.254 e. The van der Waals surface area contributed by atoms with Gasteiger partial charge in [0.2, 0.25) is 0 Å². The van der Waals surface area contributed by atoms with Gasteiger partial charge in [-0.25, -0.2) is 9.07 Å². The van der Waals surface area contributed by atoms with Crippen molar-refractivity contribution in [3.63, 3.8) is 0 Å². The topological polar surface area (TPSA) is 56.1 Å². The van der Waals surface area contributed by atoms with E-state index < -0.39 is 0 Å². The van der Waals surface area contributed by atoms with Gasteiger partial charge in [-0.15, -0.1) is 0 Å². The minimum atomic E-state index is -0.310. The van der Waals surface area contributed by atoms with E-state index in [4.69, 9.17) is 4.74 Å². The second kappa shape index (κ2) is 9.28. The molecule has 146 valence electrons. The fourth-order valence-corrected chi connectivity index (χ4v) is 2.92. The fraction of sp³-hybridized carbons (Fsp3) is 0.273. The van der Waals surface area contributed by atoms with Crippen molar-refractivity contribution in [2.45, 2.75) is 26.4 Å². The molecular formula is C22H24FN3O2. The zero-order chi connectivity index (χ0) is 19.9. The van der Waals surface area contributed by atoms with Crippen LogP contribution in [0.1, 0.15) is 41.1 Å². The number of nitrogens with zero attached hydrogens (tertiary/aromatic N) is 2. The number of nitrogens with one attached hydrogen (secondary N) is 1. The van der Waals surface area contributed by atoms with E-state index in [-0.39, 0.29) is 17.8 Å². The van der Waals surface area contributed by atoms with Crippen LogP contribution >= 0.6 is 0 Å². The van der Waals surface area contributed by atoms with Crippen molar-refractivity contribution >= 4 is 5.91 Å². The molecule has 0 aliphatic heterocycles. The van der Waals surface area contributed by atoms with Crippen LogP contribution < -0.4 is 5.32 Å². The minimum absolute atomic E-state index is 0.0214. The van der Waals surface area contributed by atoms with Gasteiger partial charge in [0.05, 0.1) is 29.2 Å². The molecule has 1 heterocycles. The highest BCUT2D eigenvalue weighted by molar-refractivity contribution is 5.95. The van der Waals surface area contributed by atoms with E-state index in [1.807, 2.05) is 44.2 Å². The molecule has 0 fully saturated rings. The SMILES string of the molecule is Cc1c(C(=O)NCCCOC(C)c2ccccc2)cnn1-c1ccc(F)cc1. The predicted molar refractivity (Wildman–Crippen MR) is 106 cm³/mol. The molecule has 1 N–H and O–H groups in total. The van der Waals surface area contributed by atoms with Gasteiger partial charge in [0.25, 0.3) is 5.91 Å². The van der Waals surface area contributed by atoms with Gasteiger partial charge in [-0.05, 0) is 50.1 Å². The Kier molecular flexibility index (Phi) is 6.55. The average molecular weight is 381 g/mol. The lowest BCUT2D eigenvalue weighted by Crippen LogP contribution is -2.25. The lowest BCUT2D eigenvalue weighted by atomic mass is 10.1. The third-order valence-electron chi connectivity index (χ3n) is 4.57. The minimum Gasteiger partial charge on any atom is -0.374 e. The first-order chi connectivity index (χ1) is 13.6. The molecule has 0 saturated heterocycles. The summed E-state index contributed by atoms with van der Waals surface area (Å²) in [6.07, 6.45) is 2.27. The van der Waals surface area contributed by atoms with Crippen LogP contribution in [0.25, 0.3) is 5.69 Å². The quantitative estimate of drug-likeness (QED) is 0.595. The number of halogens is 1. The number of amides is 1. The number of carbonyl (C=O) groups excluding carboxylic acids is 1. The van der Waals surface area contributed by atoms with E-state index in [9.17, 15) is 9.18 Å². The van der Waals surface area contributed by atoms with Gasteiger partial charge in [0, 0.05) is 13.2 Å². The first-order valence-corrected chi connectivity index (χ1v) is 9.31. The third-order valence-corrected chi connectivity index (χ3v) is 4.57. The molecule has 0 saturated carbocycles. The number of carbonyl (C=O) groups is 1. The van der Waals surface area contributed by atoms with Crippen LogP contribution in [-0.2, 0) is 4.74 Å². The first kappa shape index (κ1) is 19.8. The molecule has 28 heavy (non-hydrogen) atoms. The van der Waals surface area contributed by atoms with Crippen LogP contribution in [0.15, 0.2) is 60.8 Å². The molecule has 0 aliphatic rings. The second-order valence-electron chi connectivity index (χ2n) is 6.57. The van der Waals surface area contributed by atoms with Gasteiger partial charge in [0.15, 0.2) is 0 Å². The van der Waals surface area contributed by atoms with Crippen molar-refractivity contribution in [1.29, 1.82) is 0 Å². The lowest BCUT2D eigenvalue weighted by molar-refractivity contribution is 0.0635. The Labute approximate surface area is 164 Å². The Morgan fingerprint density at radius 2 is 1.89 bits per heavy atom. The highest BCUT2D eigenvalue weighted by atomic mass is 19.1. The number of benzene rings is 2. The molecule has 5 nitrogen and oxygen atoms in total. The highest BCUT2D eigenvalue weighted by Gasteiger charge is 2.15. The molecule has 1 amide bonds. The van der Waals surface area contributed by atoms with E-state index in [2.05, 4.69) is 10.4 Å². The molecule has 0 spiro atoms. The predicted octanol–water partition coefficient (Wildman–Crippen LogP) is 4.22. The van der Waals surface area contributed by atoms with E-state index in [1.165, 1.54) is 18.3 Å². The lowest BCUT2D eigenvalue weighted by Gasteiger charge is -2.13. The molecule has 1 unspecified atom stereocenters. The number of aromatic nitrogens is 2. The molecule has 0 aliphatic carbocycles. The molecule has 3 aromatic rings. The van der Waals surface area contributed by atoms with Crippen molar-refractivity contribution in [2.75, 3.05) is 13.2 Å². The first-order valence-electron chi connectivity index (χ1n) is 9.31. The molecule has 6 heteroatoms. The maximum atomic E-state index is 13.1. The van der Waals surface area contributed by atoms with Gasteiger partial charge < -0.3 is 10.1 Å². The molecule has 0 radical (unpaired) electrons. The van der Waals surface area contributed by atoms with E-state index in [0.29, 0.717) is 36.5 Å². The molecule has 3 rings (SSSR count). The van der Waals surface area contributed by atoms with Crippen LogP contribution in [0.5, 0.6) is 0 Å². The number of rotatable bonds is 8. The molecular weight excluding hydrogens is 357 g/mol. The summed E-state index contributed by atoms with van der Waals surface area (Å²) in [6.45, 7) is 4.91. The average Bonchev–Trinajstić information content (AvgIpc) is 3.10. The van der Waals surface area contributed by atoms with Crippen molar-refractivity contribution in [3.05, 3.63) is 83.4 Å². The van der Waals surface area contributed by atoms with Crippen molar-refractivity contribution < 1.29 is 13.9 Å². The van der Waals surface area contributed by atoms with E-state index >= 15 is 0 Å². The van der Waals surface area contributed by atoms with E-state index in [0.717, 1.165) is 5.56 Å². The monoisotopic (exact) mass is 381 g/mol. The summed E-state index contributed by atoms with van der Waals surface area (Å²) in [4.78, 5) is 12.4. The second-order valence-corrected chi connectivity index (χ2v) is 6.57. The van der Waals surface area contributed by atoms with Gasteiger partial charge in [0.1, 0.15) is 5.82 Å².